The van der Waals surface area contributed by atoms with Gasteiger partial charge in [-0.25, -0.2) is 0 Å². The van der Waals surface area contributed by atoms with Gasteiger partial charge in [-0.2, -0.15) is 5.26 Å². The molecule has 0 saturated carbocycles. The second-order valence-electron chi connectivity index (χ2n) is 6.30. The van der Waals surface area contributed by atoms with E-state index in [1.165, 1.54) is 10.8 Å². The SMILES string of the molecule is CCCCCCn1c(O)c(C=Nc2ccccc2OC)c(C)c(C#N)c1=O. The lowest BCUT2D eigenvalue weighted by atomic mass is 10.1. The van der Waals surface area contributed by atoms with E-state index in [0.29, 0.717) is 29.1 Å². The summed E-state index contributed by atoms with van der Waals surface area (Å²) in [7, 11) is 1.56. The molecule has 0 aliphatic rings. The molecule has 1 aromatic heterocycles. The maximum absolute atomic E-state index is 12.5. The van der Waals surface area contributed by atoms with Crippen molar-refractivity contribution >= 4 is 11.9 Å². The normalized spacial score (nSPS) is 10.9. The van der Waals surface area contributed by atoms with Crippen LogP contribution in [0, 0.1) is 18.3 Å². The van der Waals surface area contributed by atoms with Crippen LogP contribution < -0.4 is 10.3 Å². The zero-order chi connectivity index (χ0) is 19.8. The van der Waals surface area contributed by atoms with Crippen molar-refractivity contribution in [1.29, 1.82) is 5.26 Å². The van der Waals surface area contributed by atoms with Gasteiger partial charge in [0.15, 0.2) is 0 Å². The zero-order valence-corrected chi connectivity index (χ0v) is 16.0. The Morgan fingerprint density at radius 1 is 1.30 bits per heavy atom. The van der Waals surface area contributed by atoms with Crippen molar-refractivity contribution in [2.75, 3.05) is 7.11 Å². The fourth-order valence-corrected chi connectivity index (χ4v) is 2.90. The first-order valence-corrected chi connectivity index (χ1v) is 9.08. The zero-order valence-electron chi connectivity index (χ0n) is 16.0. The number of benzene rings is 1. The first-order chi connectivity index (χ1) is 13.0. The molecule has 0 saturated heterocycles. The summed E-state index contributed by atoms with van der Waals surface area (Å²) < 4.78 is 6.54. The third-order valence-corrected chi connectivity index (χ3v) is 4.50. The first-order valence-electron chi connectivity index (χ1n) is 9.08. The topological polar surface area (TPSA) is 87.6 Å². The van der Waals surface area contributed by atoms with Crippen LogP contribution in [0.3, 0.4) is 0 Å². The Bertz CT molecular complexity index is 923. The molecule has 6 nitrogen and oxygen atoms in total. The molecule has 0 bridgehead atoms. The van der Waals surface area contributed by atoms with Gasteiger partial charge in [-0.15, -0.1) is 0 Å². The maximum atomic E-state index is 12.5. The summed E-state index contributed by atoms with van der Waals surface area (Å²) in [5, 5.41) is 20.1. The number of aliphatic imine (C=N–C) groups is 1. The van der Waals surface area contributed by atoms with E-state index in [9.17, 15) is 15.2 Å². The fourth-order valence-electron chi connectivity index (χ4n) is 2.90. The standard InChI is InChI=1S/C21H25N3O3/c1-4-5-6-9-12-24-20(25)16(13-22)15(2)17(21(24)26)14-23-18-10-7-8-11-19(18)27-3/h7-8,10-11,14,26H,4-6,9,12H2,1-3H3. The Kier molecular flexibility index (Phi) is 7.18. The van der Waals surface area contributed by atoms with Crippen LogP contribution in [0.4, 0.5) is 5.69 Å². The van der Waals surface area contributed by atoms with Crippen molar-refractivity contribution in [1.82, 2.24) is 4.57 Å². The molecule has 0 radical (unpaired) electrons. The molecule has 2 rings (SSSR count). The molecular formula is C21H25N3O3. The highest BCUT2D eigenvalue weighted by Gasteiger charge is 2.17. The molecule has 1 heterocycles. The van der Waals surface area contributed by atoms with E-state index in [2.05, 4.69) is 11.9 Å². The molecule has 142 valence electrons. The number of nitrogens with zero attached hydrogens (tertiary/aromatic N) is 3. The number of aromatic hydroxyl groups is 1. The predicted molar refractivity (Wildman–Crippen MR) is 106 cm³/mol. The number of rotatable bonds is 8. The van der Waals surface area contributed by atoms with Gasteiger partial charge in [0, 0.05) is 12.8 Å². The lowest BCUT2D eigenvalue weighted by Crippen LogP contribution is -2.25. The third kappa shape index (κ3) is 4.56. The van der Waals surface area contributed by atoms with Gasteiger partial charge in [0.2, 0.25) is 5.88 Å². The predicted octanol–water partition coefficient (Wildman–Crippen LogP) is 4.07. The highest BCUT2D eigenvalue weighted by Crippen LogP contribution is 2.27. The lowest BCUT2D eigenvalue weighted by molar-refractivity contribution is 0.397. The molecule has 6 heteroatoms. The number of ether oxygens (including phenoxy) is 1. The molecule has 0 fully saturated rings. The molecule has 2 aromatic rings. The minimum absolute atomic E-state index is 0.0322. The third-order valence-electron chi connectivity index (χ3n) is 4.50. The van der Waals surface area contributed by atoms with Crippen molar-refractivity contribution in [3.63, 3.8) is 0 Å². The molecule has 27 heavy (non-hydrogen) atoms. The number of unbranched alkanes of at least 4 members (excludes halogenated alkanes) is 3. The largest absolute Gasteiger partial charge is 0.494 e. The van der Waals surface area contributed by atoms with E-state index in [1.54, 1.807) is 26.2 Å². The number of nitriles is 1. The van der Waals surface area contributed by atoms with Gasteiger partial charge in [-0.05, 0) is 31.0 Å². The van der Waals surface area contributed by atoms with Gasteiger partial charge in [-0.1, -0.05) is 38.3 Å². The van der Waals surface area contributed by atoms with E-state index < -0.39 is 5.56 Å². The van der Waals surface area contributed by atoms with Gasteiger partial charge < -0.3 is 9.84 Å². The number of aromatic nitrogens is 1. The smallest absolute Gasteiger partial charge is 0.271 e. The monoisotopic (exact) mass is 367 g/mol. The molecule has 0 aliphatic carbocycles. The average Bonchev–Trinajstić information content (AvgIpc) is 2.68. The summed E-state index contributed by atoms with van der Waals surface area (Å²) in [5.74, 6) is 0.436. The lowest BCUT2D eigenvalue weighted by Gasteiger charge is -2.14. The van der Waals surface area contributed by atoms with Gasteiger partial charge in [0.25, 0.3) is 5.56 Å². The second-order valence-corrected chi connectivity index (χ2v) is 6.30. The molecule has 0 atom stereocenters. The van der Waals surface area contributed by atoms with Gasteiger partial charge in [-0.3, -0.25) is 14.4 Å². The number of hydrogen-bond donors (Lipinski definition) is 1. The summed E-state index contributed by atoms with van der Waals surface area (Å²) in [4.78, 5) is 16.9. The van der Waals surface area contributed by atoms with E-state index in [0.717, 1.165) is 25.7 Å². The van der Waals surface area contributed by atoms with E-state index in [4.69, 9.17) is 4.74 Å². The molecule has 0 spiro atoms. The molecule has 1 N–H and O–H groups in total. The van der Waals surface area contributed by atoms with Crippen molar-refractivity contribution < 1.29 is 9.84 Å². The van der Waals surface area contributed by atoms with Crippen LogP contribution >= 0.6 is 0 Å². The number of para-hydroxylation sites is 2. The van der Waals surface area contributed by atoms with Crippen molar-refractivity contribution in [3.05, 3.63) is 51.3 Å². The fraction of sp³-hybridized carbons (Fsp3) is 0.381. The van der Waals surface area contributed by atoms with E-state index in [-0.39, 0.29) is 11.4 Å². The Morgan fingerprint density at radius 3 is 2.70 bits per heavy atom. The maximum Gasteiger partial charge on any atom is 0.271 e. The van der Waals surface area contributed by atoms with Crippen molar-refractivity contribution in [2.45, 2.75) is 46.1 Å². The summed E-state index contributed by atoms with van der Waals surface area (Å²) in [6.45, 7) is 4.12. The van der Waals surface area contributed by atoms with E-state index in [1.807, 2.05) is 18.2 Å². The molecule has 0 amide bonds. The van der Waals surface area contributed by atoms with Crippen molar-refractivity contribution in [3.8, 4) is 17.7 Å². The van der Waals surface area contributed by atoms with Gasteiger partial charge >= 0.3 is 0 Å². The summed E-state index contributed by atoms with van der Waals surface area (Å²) in [5.41, 5.74) is 0.956. The second kappa shape index (κ2) is 9.58. The Hall–Kier alpha value is -3.07. The van der Waals surface area contributed by atoms with E-state index >= 15 is 0 Å². The van der Waals surface area contributed by atoms with Gasteiger partial charge in [0.1, 0.15) is 23.1 Å². The van der Waals surface area contributed by atoms with Crippen LogP contribution in [-0.4, -0.2) is 23.0 Å². The quantitative estimate of drug-likeness (QED) is 0.563. The van der Waals surface area contributed by atoms with Crippen LogP contribution in [0.5, 0.6) is 11.6 Å². The van der Waals surface area contributed by atoms with Crippen LogP contribution in [0.25, 0.3) is 0 Å². The molecule has 0 unspecified atom stereocenters. The Morgan fingerprint density at radius 2 is 2.04 bits per heavy atom. The Labute approximate surface area is 159 Å². The van der Waals surface area contributed by atoms with Crippen LogP contribution in [0.1, 0.15) is 49.3 Å². The average molecular weight is 367 g/mol. The highest BCUT2D eigenvalue weighted by molar-refractivity contribution is 5.87. The number of methoxy groups -OCH3 is 1. The van der Waals surface area contributed by atoms with Crippen molar-refractivity contribution in [2.24, 2.45) is 4.99 Å². The van der Waals surface area contributed by atoms with Crippen LogP contribution in [0.2, 0.25) is 0 Å². The van der Waals surface area contributed by atoms with Crippen LogP contribution in [-0.2, 0) is 6.54 Å². The summed E-state index contributed by atoms with van der Waals surface area (Å²) in [6, 6.07) is 9.20. The summed E-state index contributed by atoms with van der Waals surface area (Å²) >= 11 is 0. The first kappa shape index (κ1) is 20.2. The van der Waals surface area contributed by atoms with Crippen LogP contribution in [0.15, 0.2) is 34.1 Å². The molecule has 0 aliphatic heterocycles. The van der Waals surface area contributed by atoms with Gasteiger partial charge in [0.05, 0.1) is 12.7 Å². The minimum atomic E-state index is -0.460. The number of pyridine rings is 1. The number of hydrogen-bond acceptors (Lipinski definition) is 5. The summed E-state index contributed by atoms with van der Waals surface area (Å²) in [6.07, 6.45) is 5.34. The highest BCUT2D eigenvalue weighted by atomic mass is 16.5. The Balaban J connectivity index is 2.47. The molecule has 1 aromatic carbocycles. The minimum Gasteiger partial charge on any atom is -0.494 e. The molecular weight excluding hydrogens is 342 g/mol.